The van der Waals surface area contributed by atoms with E-state index in [-0.39, 0.29) is 22.6 Å². The molecule has 152 valence electrons. The van der Waals surface area contributed by atoms with Gasteiger partial charge in [0.1, 0.15) is 17.0 Å². The number of benzene rings is 2. The van der Waals surface area contributed by atoms with E-state index in [0.717, 1.165) is 0 Å². The Morgan fingerprint density at radius 1 is 1.28 bits per heavy atom. The first-order valence-corrected chi connectivity index (χ1v) is 12.1. The van der Waals surface area contributed by atoms with Gasteiger partial charge in [0.25, 0.3) is 0 Å². The molecular weight excluding hydrogens is 531 g/mol. The minimum absolute atomic E-state index is 0.0209. The number of nitrogens with zero attached hydrogens (tertiary/aromatic N) is 1. The molecule has 1 aliphatic carbocycles. The van der Waals surface area contributed by atoms with Crippen molar-refractivity contribution in [3.05, 3.63) is 57.6 Å². The Balaban J connectivity index is 1.80. The largest absolute Gasteiger partial charge is 0.349 e. The molecule has 29 heavy (non-hydrogen) atoms. The Hall–Kier alpha value is -1.79. The van der Waals surface area contributed by atoms with Gasteiger partial charge in [0.05, 0.1) is 26.3 Å². The van der Waals surface area contributed by atoms with Crippen molar-refractivity contribution >= 4 is 71.2 Å². The lowest BCUT2D eigenvalue weighted by molar-refractivity contribution is 0.582. The molecule has 0 aliphatic heterocycles. The van der Waals surface area contributed by atoms with Crippen LogP contribution in [-0.4, -0.2) is 18.1 Å². The van der Waals surface area contributed by atoms with Crippen LogP contribution in [0, 0.1) is 15.2 Å². The summed E-state index contributed by atoms with van der Waals surface area (Å²) in [6.07, 6.45) is 2.89. The van der Waals surface area contributed by atoms with E-state index in [1.165, 1.54) is 35.0 Å². The third-order valence-corrected chi connectivity index (χ3v) is 8.55. The molecule has 1 heterocycles. The summed E-state index contributed by atoms with van der Waals surface area (Å²) in [5.41, 5.74) is 1.46. The van der Waals surface area contributed by atoms with E-state index in [1.54, 1.807) is 12.1 Å². The van der Waals surface area contributed by atoms with E-state index in [9.17, 15) is 12.8 Å². The van der Waals surface area contributed by atoms with Crippen molar-refractivity contribution in [2.45, 2.75) is 24.0 Å². The minimum atomic E-state index is -3.80. The third kappa shape index (κ3) is 3.73. The lowest BCUT2D eigenvalue weighted by atomic mass is 10.2. The standard InChI is InChI=1S/C19H16F2IN3O2S2/c1-2-5-19(6-7-19)29(26,27)25-14-9-15-18(23-10-28-15)16(21)17(14)24-13-4-3-11(22)8-12(13)20/h2-4,8-10,24-25H,1,5-7H2. The van der Waals surface area contributed by atoms with Gasteiger partial charge in [-0.3, -0.25) is 4.72 Å². The summed E-state index contributed by atoms with van der Waals surface area (Å²) in [4.78, 5) is 4.00. The fourth-order valence-electron chi connectivity index (χ4n) is 3.13. The number of anilines is 3. The molecule has 3 aromatic rings. The van der Waals surface area contributed by atoms with E-state index < -0.39 is 26.4 Å². The number of hydrogen-bond acceptors (Lipinski definition) is 5. The van der Waals surface area contributed by atoms with Crippen LogP contribution in [0.4, 0.5) is 25.8 Å². The molecule has 0 unspecified atom stereocenters. The van der Waals surface area contributed by atoms with Gasteiger partial charge in [0, 0.05) is 3.57 Å². The monoisotopic (exact) mass is 547 g/mol. The lowest BCUT2D eigenvalue weighted by Gasteiger charge is -2.20. The predicted molar refractivity (Wildman–Crippen MR) is 121 cm³/mol. The zero-order valence-corrected chi connectivity index (χ0v) is 18.8. The number of fused-ring (bicyclic) bond motifs is 1. The maximum Gasteiger partial charge on any atom is 0.238 e. The van der Waals surface area contributed by atoms with Crippen molar-refractivity contribution in [2.24, 2.45) is 0 Å². The zero-order chi connectivity index (χ0) is 20.8. The Morgan fingerprint density at radius 2 is 2.03 bits per heavy atom. The van der Waals surface area contributed by atoms with Crippen LogP contribution in [0.2, 0.25) is 0 Å². The Bertz CT molecular complexity index is 1220. The Morgan fingerprint density at radius 3 is 2.69 bits per heavy atom. The smallest absolute Gasteiger partial charge is 0.238 e. The SMILES string of the molecule is C=CCC1(S(=O)(=O)Nc2cc3scnc3c(F)c2Nc2ccc(I)cc2F)CC1. The van der Waals surface area contributed by atoms with Crippen LogP contribution in [0.3, 0.4) is 0 Å². The first-order valence-electron chi connectivity index (χ1n) is 8.67. The highest BCUT2D eigenvalue weighted by Crippen LogP contribution is 2.48. The van der Waals surface area contributed by atoms with Crippen LogP contribution in [0.25, 0.3) is 10.2 Å². The molecule has 0 atom stereocenters. The molecule has 1 saturated carbocycles. The van der Waals surface area contributed by atoms with Gasteiger partial charge >= 0.3 is 0 Å². The summed E-state index contributed by atoms with van der Waals surface area (Å²) < 4.78 is 58.3. The molecule has 2 aromatic carbocycles. The lowest BCUT2D eigenvalue weighted by Crippen LogP contribution is -2.29. The van der Waals surface area contributed by atoms with Gasteiger partial charge in [0.15, 0.2) is 5.82 Å². The second-order valence-electron chi connectivity index (χ2n) is 6.84. The highest BCUT2D eigenvalue weighted by molar-refractivity contribution is 14.1. The normalized spacial score (nSPS) is 15.3. The fraction of sp³-hybridized carbons (Fsp3) is 0.211. The van der Waals surface area contributed by atoms with Crippen molar-refractivity contribution in [3.63, 3.8) is 0 Å². The molecular formula is C19H16F2IN3O2S2. The van der Waals surface area contributed by atoms with Crippen molar-refractivity contribution < 1.29 is 17.2 Å². The molecule has 5 nitrogen and oxygen atoms in total. The minimum Gasteiger partial charge on any atom is -0.349 e. The van der Waals surface area contributed by atoms with Crippen LogP contribution in [-0.2, 0) is 10.0 Å². The molecule has 4 rings (SSSR count). The Labute approximate surface area is 184 Å². The van der Waals surface area contributed by atoms with E-state index >= 15 is 4.39 Å². The molecule has 0 amide bonds. The van der Waals surface area contributed by atoms with Gasteiger partial charge in [-0.1, -0.05) is 6.08 Å². The summed E-state index contributed by atoms with van der Waals surface area (Å²) in [6.45, 7) is 3.63. The van der Waals surface area contributed by atoms with Crippen molar-refractivity contribution in [1.29, 1.82) is 0 Å². The summed E-state index contributed by atoms with van der Waals surface area (Å²) in [5, 5.41) is 2.71. The van der Waals surface area contributed by atoms with Crippen LogP contribution in [0.15, 0.2) is 42.4 Å². The predicted octanol–water partition coefficient (Wildman–Crippen LogP) is 5.77. The van der Waals surface area contributed by atoms with Crippen LogP contribution in [0.5, 0.6) is 0 Å². The Kier molecular flexibility index (Phi) is 5.28. The van der Waals surface area contributed by atoms with E-state index in [0.29, 0.717) is 27.5 Å². The summed E-state index contributed by atoms with van der Waals surface area (Å²) >= 11 is 3.16. The number of halogens is 3. The molecule has 0 radical (unpaired) electrons. The molecule has 1 aliphatic rings. The van der Waals surface area contributed by atoms with Crippen LogP contribution < -0.4 is 10.0 Å². The quantitative estimate of drug-likeness (QED) is 0.291. The fourth-order valence-corrected chi connectivity index (χ4v) is 5.94. The van der Waals surface area contributed by atoms with Gasteiger partial charge in [-0.05, 0) is 66.1 Å². The number of thiazole rings is 1. The molecule has 10 heteroatoms. The van der Waals surface area contributed by atoms with Crippen molar-refractivity contribution in [2.75, 3.05) is 10.0 Å². The molecule has 0 bridgehead atoms. The van der Waals surface area contributed by atoms with Gasteiger partial charge in [0.2, 0.25) is 10.0 Å². The van der Waals surface area contributed by atoms with E-state index in [1.807, 2.05) is 22.6 Å². The van der Waals surface area contributed by atoms with Crippen molar-refractivity contribution in [3.8, 4) is 0 Å². The number of nitrogens with one attached hydrogen (secondary N) is 2. The molecule has 0 spiro atoms. The summed E-state index contributed by atoms with van der Waals surface area (Å²) in [6, 6.07) is 5.96. The molecule has 1 fully saturated rings. The summed E-state index contributed by atoms with van der Waals surface area (Å²) in [5.74, 6) is -1.32. The van der Waals surface area contributed by atoms with E-state index in [2.05, 4.69) is 21.6 Å². The van der Waals surface area contributed by atoms with Gasteiger partial charge in [-0.25, -0.2) is 22.2 Å². The summed E-state index contributed by atoms with van der Waals surface area (Å²) in [7, 11) is -3.80. The second-order valence-corrected chi connectivity index (χ2v) is 11.1. The van der Waals surface area contributed by atoms with Gasteiger partial charge in [-0.2, -0.15) is 0 Å². The molecule has 2 N–H and O–H groups in total. The highest BCUT2D eigenvalue weighted by atomic mass is 127. The van der Waals surface area contributed by atoms with Gasteiger partial charge in [-0.15, -0.1) is 17.9 Å². The number of aromatic nitrogens is 1. The third-order valence-electron chi connectivity index (χ3n) is 4.90. The van der Waals surface area contributed by atoms with E-state index in [4.69, 9.17) is 0 Å². The first kappa shape index (κ1) is 20.5. The van der Waals surface area contributed by atoms with Crippen LogP contribution >= 0.6 is 33.9 Å². The number of allylic oxidation sites excluding steroid dienone is 1. The first-order chi connectivity index (χ1) is 13.8. The second kappa shape index (κ2) is 7.47. The van der Waals surface area contributed by atoms with Crippen molar-refractivity contribution in [1.82, 2.24) is 4.98 Å². The molecule has 1 aromatic heterocycles. The number of sulfonamides is 1. The number of hydrogen-bond donors (Lipinski definition) is 2. The van der Waals surface area contributed by atoms with Gasteiger partial charge < -0.3 is 5.32 Å². The maximum atomic E-state index is 15.2. The maximum absolute atomic E-state index is 15.2. The highest BCUT2D eigenvalue weighted by Gasteiger charge is 2.53. The number of rotatable bonds is 7. The topological polar surface area (TPSA) is 71.1 Å². The average Bonchev–Trinajstić information content (AvgIpc) is 3.30. The van der Waals surface area contributed by atoms with Crippen LogP contribution in [0.1, 0.15) is 19.3 Å². The average molecular weight is 547 g/mol. The molecule has 0 saturated heterocycles. The zero-order valence-electron chi connectivity index (χ0n) is 15.0.